The zero-order valence-electron chi connectivity index (χ0n) is 20.5. The Hall–Kier alpha value is -2.46. The lowest BCUT2D eigenvalue weighted by molar-refractivity contribution is -0.140. The molecule has 0 aromatic heterocycles. The number of halogens is 2. The standard InChI is InChI=1S/C25H33BrFN3O4S/c1-5-18(2)28-25(32)19(3)29(17-20-12-14-21(26)15-13-20)24(31)11-8-16-30(35(4,33)34)23-10-7-6-9-22(23)27/h6-7,9-10,12-15,18-19H,5,8,11,16-17H2,1-4H3,(H,28,32). The van der Waals surface area contributed by atoms with E-state index >= 15 is 0 Å². The van der Waals surface area contributed by atoms with E-state index in [0.717, 1.165) is 27.0 Å². The smallest absolute Gasteiger partial charge is 0.242 e. The van der Waals surface area contributed by atoms with E-state index in [2.05, 4.69) is 21.2 Å². The van der Waals surface area contributed by atoms with Crippen LogP contribution < -0.4 is 9.62 Å². The van der Waals surface area contributed by atoms with Crippen molar-refractivity contribution >= 4 is 43.5 Å². The summed E-state index contributed by atoms with van der Waals surface area (Å²) in [5, 5.41) is 2.91. The summed E-state index contributed by atoms with van der Waals surface area (Å²) in [6.45, 7) is 5.70. The molecule has 35 heavy (non-hydrogen) atoms. The van der Waals surface area contributed by atoms with Crippen LogP contribution in [-0.2, 0) is 26.2 Å². The van der Waals surface area contributed by atoms with Crippen molar-refractivity contribution in [2.75, 3.05) is 17.1 Å². The molecule has 0 saturated heterocycles. The van der Waals surface area contributed by atoms with Crippen LogP contribution in [0.4, 0.5) is 10.1 Å². The highest BCUT2D eigenvalue weighted by atomic mass is 79.9. The molecular formula is C25H33BrFN3O4S. The highest BCUT2D eigenvalue weighted by Crippen LogP contribution is 2.22. The van der Waals surface area contributed by atoms with Crippen LogP contribution in [0.1, 0.15) is 45.6 Å². The van der Waals surface area contributed by atoms with Crippen molar-refractivity contribution in [3.8, 4) is 0 Å². The first-order chi connectivity index (χ1) is 16.4. The summed E-state index contributed by atoms with van der Waals surface area (Å²) in [5.74, 6) is -1.20. The van der Waals surface area contributed by atoms with Gasteiger partial charge < -0.3 is 10.2 Å². The van der Waals surface area contributed by atoms with E-state index in [9.17, 15) is 22.4 Å². The quantitative estimate of drug-likeness (QED) is 0.408. The third-order valence-corrected chi connectivity index (χ3v) is 7.42. The van der Waals surface area contributed by atoms with Gasteiger partial charge in [-0.25, -0.2) is 12.8 Å². The van der Waals surface area contributed by atoms with Crippen molar-refractivity contribution in [2.45, 2.75) is 58.7 Å². The van der Waals surface area contributed by atoms with Crippen LogP contribution in [0, 0.1) is 5.82 Å². The maximum atomic E-state index is 14.3. The molecule has 2 aromatic carbocycles. The van der Waals surface area contributed by atoms with E-state index in [1.54, 1.807) is 13.0 Å². The van der Waals surface area contributed by atoms with Gasteiger partial charge in [-0.2, -0.15) is 0 Å². The van der Waals surface area contributed by atoms with Crippen molar-refractivity contribution in [1.82, 2.24) is 10.2 Å². The minimum Gasteiger partial charge on any atom is -0.352 e. The number of nitrogens with zero attached hydrogens (tertiary/aromatic N) is 2. The molecule has 2 atom stereocenters. The van der Waals surface area contributed by atoms with Gasteiger partial charge in [0.05, 0.1) is 11.9 Å². The van der Waals surface area contributed by atoms with Crippen LogP contribution in [0.2, 0.25) is 0 Å². The Bertz CT molecular complexity index is 1110. The molecule has 0 radical (unpaired) electrons. The summed E-state index contributed by atoms with van der Waals surface area (Å²) in [5.41, 5.74) is 0.796. The molecular weight excluding hydrogens is 537 g/mol. The van der Waals surface area contributed by atoms with Gasteiger partial charge in [-0.3, -0.25) is 13.9 Å². The second-order valence-corrected chi connectivity index (χ2v) is 11.4. The molecule has 0 saturated carbocycles. The number of hydrogen-bond acceptors (Lipinski definition) is 4. The van der Waals surface area contributed by atoms with E-state index < -0.39 is 21.9 Å². The molecule has 10 heteroatoms. The number of hydrogen-bond donors (Lipinski definition) is 1. The molecule has 2 aromatic rings. The first-order valence-corrected chi connectivity index (χ1v) is 14.1. The lowest BCUT2D eigenvalue weighted by Crippen LogP contribution is -2.49. The summed E-state index contributed by atoms with van der Waals surface area (Å²) < 4.78 is 40.7. The van der Waals surface area contributed by atoms with E-state index in [1.165, 1.54) is 23.1 Å². The summed E-state index contributed by atoms with van der Waals surface area (Å²) in [4.78, 5) is 27.5. The molecule has 0 heterocycles. The SMILES string of the molecule is CCC(C)NC(=O)C(C)N(Cc1ccc(Br)cc1)C(=O)CCCN(c1ccccc1F)S(C)(=O)=O. The first kappa shape index (κ1) is 28.8. The Morgan fingerprint density at radius 2 is 1.71 bits per heavy atom. The van der Waals surface area contributed by atoms with Gasteiger partial charge in [0.1, 0.15) is 11.9 Å². The zero-order chi connectivity index (χ0) is 26.2. The number of amides is 2. The van der Waals surface area contributed by atoms with Crippen LogP contribution in [0.25, 0.3) is 0 Å². The summed E-state index contributed by atoms with van der Waals surface area (Å²) in [7, 11) is -3.76. The number of para-hydroxylation sites is 1. The lowest BCUT2D eigenvalue weighted by Gasteiger charge is -2.30. The minimum absolute atomic E-state index is 0.00203. The maximum absolute atomic E-state index is 14.3. The molecule has 192 valence electrons. The van der Waals surface area contributed by atoms with Crippen LogP contribution in [-0.4, -0.2) is 50.0 Å². The van der Waals surface area contributed by atoms with Crippen molar-refractivity contribution in [2.24, 2.45) is 0 Å². The normalized spacial score (nSPS) is 13.1. The Morgan fingerprint density at radius 3 is 2.29 bits per heavy atom. The van der Waals surface area contributed by atoms with Gasteiger partial charge in [0.2, 0.25) is 21.8 Å². The van der Waals surface area contributed by atoms with Crippen molar-refractivity contribution in [3.63, 3.8) is 0 Å². The zero-order valence-corrected chi connectivity index (χ0v) is 22.9. The second-order valence-electron chi connectivity index (χ2n) is 8.53. The van der Waals surface area contributed by atoms with Gasteiger partial charge >= 0.3 is 0 Å². The van der Waals surface area contributed by atoms with Gasteiger partial charge in [0.25, 0.3) is 0 Å². The molecule has 7 nitrogen and oxygen atoms in total. The summed E-state index contributed by atoms with van der Waals surface area (Å²) in [6, 6.07) is 12.3. The van der Waals surface area contributed by atoms with Crippen molar-refractivity contribution < 1.29 is 22.4 Å². The number of benzene rings is 2. The largest absolute Gasteiger partial charge is 0.352 e. The molecule has 2 unspecified atom stereocenters. The Balaban J connectivity index is 2.17. The van der Waals surface area contributed by atoms with E-state index in [0.29, 0.717) is 0 Å². The van der Waals surface area contributed by atoms with Gasteiger partial charge in [-0.05, 0) is 56.5 Å². The fourth-order valence-electron chi connectivity index (χ4n) is 3.47. The van der Waals surface area contributed by atoms with Crippen LogP contribution in [0.5, 0.6) is 0 Å². The highest BCUT2D eigenvalue weighted by Gasteiger charge is 2.27. The number of rotatable bonds is 12. The number of sulfonamides is 1. The van der Waals surface area contributed by atoms with Crippen molar-refractivity contribution in [3.05, 3.63) is 64.4 Å². The molecule has 0 aliphatic carbocycles. The van der Waals surface area contributed by atoms with E-state index in [1.807, 2.05) is 38.1 Å². The van der Waals surface area contributed by atoms with Crippen LogP contribution in [0.3, 0.4) is 0 Å². The lowest BCUT2D eigenvalue weighted by atomic mass is 10.1. The Labute approximate surface area is 215 Å². The van der Waals surface area contributed by atoms with Gasteiger partial charge in [0.15, 0.2) is 0 Å². The van der Waals surface area contributed by atoms with Crippen LogP contribution >= 0.6 is 15.9 Å². The molecule has 2 amide bonds. The topological polar surface area (TPSA) is 86.8 Å². The number of carbonyl (C=O) groups excluding carboxylic acids is 2. The number of nitrogens with one attached hydrogen (secondary N) is 1. The average Bonchev–Trinajstić information content (AvgIpc) is 2.80. The van der Waals surface area contributed by atoms with Crippen molar-refractivity contribution in [1.29, 1.82) is 0 Å². The predicted molar refractivity (Wildman–Crippen MR) is 140 cm³/mol. The first-order valence-electron chi connectivity index (χ1n) is 11.5. The summed E-state index contributed by atoms with van der Waals surface area (Å²) >= 11 is 3.39. The molecule has 1 N–H and O–H groups in total. The van der Waals surface area contributed by atoms with E-state index in [4.69, 9.17) is 0 Å². The average molecular weight is 571 g/mol. The molecule has 0 fully saturated rings. The molecule has 0 aliphatic heterocycles. The van der Waals surface area contributed by atoms with Gasteiger partial charge in [-0.15, -0.1) is 0 Å². The molecule has 0 spiro atoms. The fourth-order valence-corrected chi connectivity index (χ4v) is 4.70. The number of carbonyl (C=O) groups is 2. The Morgan fingerprint density at radius 1 is 1.09 bits per heavy atom. The summed E-state index contributed by atoms with van der Waals surface area (Å²) in [6.07, 6.45) is 1.92. The second kappa shape index (κ2) is 13.0. The maximum Gasteiger partial charge on any atom is 0.242 e. The highest BCUT2D eigenvalue weighted by molar-refractivity contribution is 9.10. The Kier molecular flexibility index (Phi) is 10.7. The third kappa shape index (κ3) is 8.61. The van der Waals surface area contributed by atoms with Gasteiger partial charge in [0, 0.05) is 30.0 Å². The van der Waals surface area contributed by atoms with Crippen LogP contribution in [0.15, 0.2) is 53.0 Å². The third-order valence-electron chi connectivity index (χ3n) is 5.71. The minimum atomic E-state index is -3.76. The molecule has 2 rings (SSSR count). The predicted octanol–water partition coefficient (Wildman–Crippen LogP) is 4.47. The van der Waals surface area contributed by atoms with E-state index in [-0.39, 0.29) is 49.5 Å². The monoisotopic (exact) mass is 569 g/mol. The fraction of sp³-hybridized carbons (Fsp3) is 0.440. The molecule has 0 bridgehead atoms. The number of anilines is 1. The van der Waals surface area contributed by atoms with Gasteiger partial charge in [-0.1, -0.05) is 47.1 Å². The molecule has 0 aliphatic rings.